The Morgan fingerprint density at radius 3 is 2.58 bits per heavy atom. The van der Waals surface area contributed by atoms with Gasteiger partial charge >= 0.3 is 5.97 Å². The Balaban J connectivity index is 1.57. The van der Waals surface area contributed by atoms with Crippen LogP contribution < -0.4 is 10.5 Å². The predicted molar refractivity (Wildman–Crippen MR) is 135 cm³/mol. The summed E-state index contributed by atoms with van der Waals surface area (Å²) in [6, 6.07) is 10.9. The lowest BCUT2D eigenvalue weighted by Crippen LogP contribution is -2.16. The van der Waals surface area contributed by atoms with Crippen LogP contribution in [0.2, 0.25) is 0 Å². The number of ether oxygens (including phenoxy) is 1. The maximum Gasteiger partial charge on any atom is 0.341 e. The van der Waals surface area contributed by atoms with Crippen LogP contribution in [0.5, 0.6) is 0 Å². The van der Waals surface area contributed by atoms with Gasteiger partial charge in [0.05, 0.1) is 17.1 Å². The molecule has 2 aromatic heterocycles. The van der Waals surface area contributed by atoms with E-state index in [1.165, 1.54) is 29.5 Å². The largest absolute Gasteiger partial charge is 0.462 e. The smallest absolute Gasteiger partial charge is 0.341 e. The summed E-state index contributed by atoms with van der Waals surface area (Å²) in [5.74, 6) is -0.491. The second kappa shape index (κ2) is 10.5. The van der Waals surface area contributed by atoms with E-state index in [0.717, 1.165) is 36.1 Å². The number of hydrogen-bond donors (Lipinski definition) is 2. The van der Waals surface area contributed by atoms with Gasteiger partial charge in [-0.05, 0) is 74.6 Å². The molecule has 36 heavy (non-hydrogen) atoms. The van der Waals surface area contributed by atoms with Gasteiger partial charge in [-0.3, -0.25) is 4.79 Å². The molecule has 0 unspecified atom stereocenters. The topological polar surface area (TPSA) is 152 Å². The van der Waals surface area contributed by atoms with Crippen LogP contribution in [-0.2, 0) is 32.4 Å². The van der Waals surface area contributed by atoms with Crippen molar-refractivity contribution in [1.29, 1.82) is 5.26 Å². The van der Waals surface area contributed by atoms with Gasteiger partial charge in [0.25, 0.3) is 5.91 Å². The van der Waals surface area contributed by atoms with Gasteiger partial charge in [0, 0.05) is 16.5 Å². The number of anilines is 1. The number of hydrogen-bond acceptors (Lipinski definition) is 8. The summed E-state index contributed by atoms with van der Waals surface area (Å²) < 4.78 is 33.8. The number of carbonyl (C=O) groups excluding carboxylic acids is 2. The van der Waals surface area contributed by atoms with Crippen LogP contribution in [0.15, 0.2) is 51.3 Å². The fourth-order valence-electron chi connectivity index (χ4n) is 3.93. The number of nitrogens with zero attached hydrogens (tertiary/aromatic N) is 1. The van der Waals surface area contributed by atoms with Crippen LogP contribution in [0.3, 0.4) is 0 Å². The minimum atomic E-state index is -3.81. The third kappa shape index (κ3) is 5.41. The molecule has 3 aromatic rings. The fourth-order valence-corrected chi connectivity index (χ4v) is 5.72. The maximum atomic E-state index is 12.9. The van der Waals surface area contributed by atoms with E-state index in [-0.39, 0.29) is 22.8 Å². The number of nitrogens with two attached hydrogens (primary N) is 1. The number of esters is 1. The van der Waals surface area contributed by atoms with Crippen LogP contribution in [0.1, 0.15) is 46.3 Å². The first kappa shape index (κ1) is 25.4. The van der Waals surface area contributed by atoms with Crippen LogP contribution in [0, 0.1) is 11.3 Å². The van der Waals surface area contributed by atoms with E-state index in [4.69, 9.17) is 14.3 Å². The Morgan fingerprint density at radius 1 is 1.19 bits per heavy atom. The molecule has 0 radical (unpaired) electrons. The van der Waals surface area contributed by atoms with Gasteiger partial charge in [0.15, 0.2) is 0 Å². The van der Waals surface area contributed by atoms with Crippen LogP contribution in [0.4, 0.5) is 5.00 Å². The van der Waals surface area contributed by atoms with Crippen LogP contribution in [0.25, 0.3) is 17.4 Å². The summed E-state index contributed by atoms with van der Waals surface area (Å²) in [5, 5.41) is 17.8. The minimum absolute atomic E-state index is 0.0289. The Morgan fingerprint density at radius 2 is 1.92 bits per heavy atom. The standard InChI is InChI=1S/C25H23N3O6S2/c1-2-33-25(30)22-19-5-3-4-6-21(19)35-24(22)28-23(29)16(14-26)13-17-9-12-20(34-17)15-7-10-18(11-8-15)36(27,31)32/h7-13H,2-6H2,1H3,(H,28,29)(H2,27,31,32). The zero-order chi connectivity index (χ0) is 25.9. The highest BCUT2D eigenvalue weighted by Gasteiger charge is 2.28. The van der Waals surface area contributed by atoms with Crippen molar-refractivity contribution in [3.8, 4) is 17.4 Å². The summed E-state index contributed by atoms with van der Waals surface area (Å²) in [7, 11) is -3.81. The molecule has 0 bridgehead atoms. The molecule has 3 N–H and O–H groups in total. The van der Waals surface area contributed by atoms with E-state index in [1.807, 2.05) is 6.07 Å². The van der Waals surface area contributed by atoms with Gasteiger partial charge in [-0.15, -0.1) is 11.3 Å². The number of aryl methyl sites for hydroxylation is 1. The highest BCUT2D eigenvalue weighted by Crippen LogP contribution is 2.39. The molecule has 1 aliphatic rings. The average Bonchev–Trinajstić information content (AvgIpc) is 3.46. The Hall–Kier alpha value is -3.72. The number of amides is 1. The van der Waals surface area contributed by atoms with Crippen LogP contribution >= 0.6 is 11.3 Å². The van der Waals surface area contributed by atoms with Crippen molar-refractivity contribution >= 4 is 44.3 Å². The van der Waals surface area contributed by atoms with Gasteiger partial charge in [-0.1, -0.05) is 0 Å². The normalized spacial score (nSPS) is 13.5. The quantitative estimate of drug-likeness (QED) is 0.265. The van der Waals surface area contributed by atoms with E-state index in [2.05, 4.69) is 5.32 Å². The second-order valence-corrected chi connectivity index (χ2v) is 10.7. The minimum Gasteiger partial charge on any atom is -0.462 e. The molecule has 0 saturated heterocycles. The first-order chi connectivity index (χ1) is 17.2. The summed E-state index contributed by atoms with van der Waals surface area (Å²) in [5.41, 5.74) is 1.66. The molecule has 0 spiro atoms. The zero-order valence-electron chi connectivity index (χ0n) is 19.4. The third-order valence-electron chi connectivity index (χ3n) is 5.62. The van der Waals surface area contributed by atoms with E-state index in [0.29, 0.717) is 21.9 Å². The number of primary sulfonamides is 1. The van der Waals surface area contributed by atoms with Crippen molar-refractivity contribution < 1.29 is 27.2 Å². The van der Waals surface area contributed by atoms with Gasteiger partial charge in [-0.25, -0.2) is 18.4 Å². The number of carbonyl (C=O) groups is 2. The summed E-state index contributed by atoms with van der Waals surface area (Å²) in [4.78, 5) is 26.6. The van der Waals surface area contributed by atoms with Crippen LogP contribution in [-0.4, -0.2) is 26.9 Å². The lowest BCUT2D eigenvalue weighted by atomic mass is 9.95. The molecule has 0 aliphatic heterocycles. The zero-order valence-corrected chi connectivity index (χ0v) is 21.0. The third-order valence-corrected chi connectivity index (χ3v) is 7.76. The molecular weight excluding hydrogens is 502 g/mol. The predicted octanol–water partition coefficient (Wildman–Crippen LogP) is 4.26. The van der Waals surface area contributed by atoms with Crippen molar-refractivity contribution in [3.05, 3.63) is 63.7 Å². The molecule has 11 heteroatoms. The number of benzene rings is 1. The molecule has 0 saturated carbocycles. The Kier molecular flexibility index (Phi) is 7.40. The average molecular weight is 526 g/mol. The van der Waals surface area contributed by atoms with Crippen molar-refractivity contribution in [3.63, 3.8) is 0 Å². The summed E-state index contributed by atoms with van der Waals surface area (Å²) in [6.45, 7) is 1.93. The highest BCUT2D eigenvalue weighted by atomic mass is 32.2. The second-order valence-electron chi connectivity index (χ2n) is 8.03. The fraction of sp³-hybridized carbons (Fsp3) is 0.240. The number of fused-ring (bicyclic) bond motifs is 1. The monoisotopic (exact) mass is 525 g/mol. The maximum absolute atomic E-state index is 12.9. The van der Waals surface area contributed by atoms with Crippen molar-refractivity contribution in [2.24, 2.45) is 5.14 Å². The molecule has 1 aromatic carbocycles. The SMILES string of the molecule is CCOC(=O)c1c(NC(=O)C(C#N)=Cc2ccc(-c3ccc(S(N)(=O)=O)cc3)o2)sc2c1CCCC2. The van der Waals surface area contributed by atoms with Crippen molar-refractivity contribution in [1.82, 2.24) is 0 Å². The first-order valence-electron chi connectivity index (χ1n) is 11.2. The van der Waals surface area contributed by atoms with Crippen molar-refractivity contribution in [2.45, 2.75) is 37.5 Å². The van der Waals surface area contributed by atoms with Crippen molar-refractivity contribution in [2.75, 3.05) is 11.9 Å². The summed E-state index contributed by atoms with van der Waals surface area (Å²) in [6.07, 6.45) is 4.84. The lowest BCUT2D eigenvalue weighted by Gasteiger charge is -2.12. The summed E-state index contributed by atoms with van der Waals surface area (Å²) >= 11 is 1.34. The van der Waals surface area contributed by atoms with Gasteiger partial charge in [-0.2, -0.15) is 5.26 Å². The molecule has 0 atom stereocenters. The molecule has 186 valence electrons. The highest BCUT2D eigenvalue weighted by molar-refractivity contribution is 7.89. The number of nitrogens with one attached hydrogen (secondary N) is 1. The van der Waals surface area contributed by atoms with E-state index >= 15 is 0 Å². The molecule has 1 amide bonds. The van der Waals surface area contributed by atoms with Gasteiger partial charge < -0.3 is 14.5 Å². The number of nitriles is 1. The van der Waals surface area contributed by atoms with E-state index < -0.39 is 21.9 Å². The number of thiophene rings is 1. The van der Waals surface area contributed by atoms with Gasteiger partial charge in [0.1, 0.15) is 28.2 Å². The first-order valence-corrected chi connectivity index (χ1v) is 13.6. The number of furan rings is 1. The molecular formula is C25H23N3O6S2. The number of sulfonamides is 1. The van der Waals surface area contributed by atoms with E-state index in [9.17, 15) is 23.3 Å². The Bertz CT molecular complexity index is 1490. The molecule has 9 nitrogen and oxygen atoms in total. The number of rotatable bonds is 7. The Labute approximate surface area is 212 Å². The van der Waals surface area contributed by atoms with E-state index in [1.54, 1.807) is 31.2 Å². The van der Waals surface area contributed by atoms with Gasteiger partial charge in [0.2, 0.25) is 10.0 Å². The molecule has 4 rings (SSSR count). The molecule has 2 heterocycles. The molecule has 1 aliphatic carbocycles. The lowest BCUT2D eigenvalue weighted by molar-refractivity contribution is -0.112. The molecule has 0 fully saturated rings.